The number of hydrogen-bond acceptors (Lipinski definition) is 7. The van der Waals surface area contributed by atoms with E-state index >= 15 is 0 Å². The highest BCUT2D eigenvalue weighted by molar-refractivity contribution is 6.37. The number of hydrogen-bond donors (Lipinski definition) is 2. The maximum Gasteiger partial charge on any atom is 0.343 e. The zero-order valence-corrected chi connectivity index (χ0v) is 23.7. The minimum atomic E-state index is -0.936. The van der Waals surface area contributed by atoms with Crippen LogP contribution in [0, 0.1) is 5.41 Å². The van der Waals surface area contributed by atoms with Crippen LogP contribution >= 0.6 is 0 Å². The Morgan fingerprint density at radius 2 is 1.44 bits per heavy atom. The third kappa shape index (κ3) is 6.43. The fourth-order valence-electron chi connectivity index (χ4n) is 4.14. The Morgan fingerprint density at radius 1 is 0.791 bits per heavy atom. The number of urea groups is 1. The van der Waals surface area contributed by atoms with E-state index < -0.39 is 29.3 Å². The lowest BCUT2D eigenvalue weighted by Gasteiger charge is -2.22. The molecule has 1 aromatic heterocycles. The molecule has 0 aliphatic carbocycles. The summed E-state index contributed by atoms with van der Waals surface area (Å²) in [5.41, 5.74) is 1.14. The second-order valence-corrected chi connectivity index (χ2v) is 10.6. The Labute approximate surface area is 247 Å². The van der Waals surface area contributed by atoms with Gasteiger partial charge in [-0.25, -0.2) is 14.4 Å². The molecule has 0 radical (unpaired) electrons. The maximum atomic E-state index is 14.0. The van der Waals surface area contributed by atoms with Gasteiger partial charge in [-0.15, -0.1) is 5.06 Å². The Morgan fingerprint density at radius 3 is 2.07 bits per heavy atom. The third-order valence-electron chi connectivity index (χ3n) is 6.32. The molecule has 3 aromatic carbocycles. The first-order valence-electron chi connectivity index (χ1n) is 13.4. The molecule has 0 spiro atoms. The van der Waals surface area contributed by atoms with Crippen LogP contribution in [-0.2, 0) is 19.2 Å². The molecule has 2 heterocycles. The van der Waals surface area contributed by atoms with Crippen LogP contribution in [0.3, 0.4) is 0 Å². The molecule has 0 unspecified atom stereocenters. The highest BCUT2D eigenvalue weighted by Gasteiger charge is 2.41. The van der Waals surface area contributed by atoms with Gasteiger partial charge in [0.1, 0.15) is 0 Å². The summed E-state index contributed by atoms with van der Waals surface area (Å²) in [6.45, 7) is 4.97. The molecule has 4 aromatic rings. The summed E-state index contributed by atoms with van der Waals surface area (Å²) in [5.74, 6) is -2.06. The fraction of sp³-hybridized carbons (Fsp3) is 0.121. The topological polar surface area (TPSA) is 127 Å². The zero-order chi connectivity index (χ0) is 30.6. The number of rotatable bonds is 6. The number of benzene rings is 3. The van der Waals surface area contributed by atoms with Crippen LogP contribution in [0.4, 0.5) is 21.9 Å². The fourth-order valence-corrected chi connectivity index (χ4v) is 4.14. The molecule has 0 fully saturated rings. The summed E-state index contributed by atoms with van der Waals surface area (Å²) < 4.78 is 5.88. The molecule has 1 aliphatic heterocycles. The Hall–Kier alpha value is -5.77. The summed E-state index contributed by atoms with van der Waals surface area (Å²) in [6.07, 6.45) is 3.08. The zero-order valence-electron chi connectivity index (χ0n) is 23.7. The second kappa shape index (κ2) is 12.0. The van der Waals surface area contributed by atoms with Crippen LogP contribution in [0.15, 0.2) is 103 Å². The smallest absolute Gasteiger partial charge is 0.343 e. The lowest BCUT2D eigenvalue weighted by molar-refractivity contribution is -0.157. The molecule has 3 amide bonds. The average Bonchev–Trinajstić information content (AvgIpc) is 3.26. The molecule has 10 heteroatoms. The maximum absolute atomic E-state index is 14.0. The highest BCUT2D eigenvalue weighted by Crippen LogP contribution is 2.43. The van der Waals surface area contributed by atoms with Crippen LogP contribution in [0.25, 0.3) is 11.3 Å². The van der Waals surface area contributed by atoms with Crippen molar-refractivity contribution in [2.75, 3.05) is 15.7 Å². The van der Waals surface area contributed by atoms with Crippen molar-refractivity contribution in [3.05, 3.63) is 120 Å². The summed E-state index contributed by atoms with van der Waals surface area (Å²) in [6, 6.07) is 24.6. The number of ether oxygens (including phenoxy) is 1. The van der Waals surface area contributed by atoms with E-state index in [1.165, 1.54) is 12.3 Å². The van der Waals surface area contributed by atoms with Crippen molar-refractivity contribution < 1.29 is 28.8 Å². The molecule has 0 saturated carbocycles. The normalized spacial score (nSPS) is 13.6. The average molecular weight is 577 g/mol. The third-order valence-corrected chi connectivity index (χ3v) is 6.32. The van der Waals surface area contributed by atoms with E-state index in [0.29, 0.717) is 22.5 Å². The van der Waals surface area contributed by atoms with Gasteiger partial charge in [-0.1, -0.05) is 48.5 Å². The van der Waals surface area contributed by atoms with Crippen molar-refractivity contribution in [3.63, 3.8) is 0 Å². The first-order valence-corrected chi connectivity index (χ1v) is 13.4. The summed E-state index contributed by atoms with van der Waals surface area (Å²) in [4.78, 5) is 62.4. The van der Waals surface area contributed by atoms with Gasteiger partial charge < -0.3 is 20.2 Å². The van der Waals surface area contributed by atoms with Gasteiger partial charge >= 0.3 is 18.0 Å². The number of nitrogens with one attached hydrogen (secondary N) is 2. The molecular weight excluding hydrogens is 548 g/mol. The van der Waals surface area contributed by atoms with Crippen LogP contribution < -0.4 is 15.7 Å². The van der Waals surface area contributed by atoms with Crippen LogP contribution in [0.5, 0.6) is 0 Å². The molecule has 10 nitrogen and oxygen atoms in total. The number of esters is 1. The molecule has 5 rings (SSSR count). The predicted octanol–water partition coefficient (Wildman–Crippen LogP) is 6.30. The van der Waals surface area contributed by atoms with Crippen molar-refractivity contribution in [3.8, 4) is 0 Å². The lowest BCUT2D eigenvalue weighted by Crippen LogP contribution is -2.35. The minimum absolute atomic E-state index is 0.00922. The van der Waals surface area contributed by atoms with Crippen molar-refractivity contribution in [1.29, 1.82) is 0 Å². The van der Waals surface area contributed by atoms with Crippen molar-refractivity contribution in [2.24, 2.45) is 5.41 Å². The van der Waals surface area contributed by atoms with Crippen molar-refractivity contribution >= 4 is 52.3 Å². The Balaban J connectivity index is 1.59. The van der Waals surface area contributed by atoms with Gasteiger partial charge in [-0.05, 0) is 63.2 Å². The number of aromatic nitrogens is 1. The van der Waals surface area contributed by atoms with Crippen LogP contribution in [0.2, 0.25) is 0 Å². The molecule has 1 aliphatic rings. The number of carbonyl (C=O) groups is 4. The van der Waals surface area contributed by atoms with Crippen molar-refractivity contribution in [1.82, 2.24) is 4.98 Å². The van der Waals surface area contributed by atoms with Crippen LogP contribution in [-0.4, -0.2) is 28.9 Å². The first-order chi connectivity index (χ1) is 20.6. The molecule has 216 valence electrons. The summed E-state index contributed by atoms with van der Waals surface area (Å²) >= 11 is 0. The van der Waals surface area contributed by atoms with Gasteiger partial charge in [-0.2, -0.15) is 0 Å². The molecule has 0 saturated heterocycles. The molecular formula is C33H28N4O6. The van der Waals surface area contributed by atoms with E-state index in [0.717, 1.165) is 5.06 Å². The van der Waals surface area contributed by atoms with E-state index in [4.69, 9.17) is 9.57 Å². The lowest BCUT2D eigenvalue weighted by atomic mass is 9.98. The van der Waals surface area contributed by atoms with Gasteiger partial charge in [0, 0.05) is 23.0 Å². The number of fused-ring (bicyclic) bond motifs is 1. The number of nitrogens with zero attached hydrogens (tertiary/aromatic N) is 2. The minimum Gasteiger partial charge on any atom is -0.421 e. The molecule has 2 N–H and O–H groups in total. The SMILES string of the molecule is CC(C)(C)C(=O)ON1C(=O)/C(=C(\OC(=O)c2ccccc2)c2ccccc2)c2ccc(NC(=O)Nc3cccnc3)cc21. The van der Waals surface area contributed by atoms with E-state index in [-0.39, 0.29) is 22.6 Å². The van der Waals surface area contributed by atoms with Crippen LogP contribution in [0.1, 0.15) is 42.3 Å². The van der Waals surface area contributed by atoms with Gasteiger partial charge in [-0.3, -0.25) is 9.78 Å². The van der Waals surface area contributed by atoms with Gasteiger partial charge in [0.2, 0.25) is 0 Å². The first kappa shape index (κ1) is 28.7. The summed E-state index contributed by atoms with van der Waals surface area (Å²) in [5, 5.41) is 6.24. The molecule has 0 atom stereocenters. The summed E-state index contributed by atoms with van der Waals surface area (Å²) in [7, 11) is 0. The second-order valence-electron chi connectivity index (χ2n) is 10.6. The highest BCUT2D eigenvalue weighted by atomic mass is 16.7. The number of pyridine rings is 1. The van der Waals surface area contributed by atoms with Gasteiger partial charge in [0.25, 0.3) is 5.91 Å². The number of hydroxylamine groups is 1. The molecule has 0 bridgehead atoms. The quantitative estimate of drug-likeness (QED) is 0.157. The van der Waals surface area contributed by atoms with E-state index in [9.17, 15) is 19.2 Å². The van der Waals surface area contributed by atoms with E-state index in [1.54, 1.807) is 112 Å². The standard InChI is InChI=1S/C33H28N4O6/c1-33(2,3)31(40)43-37-26-19-23(35-32(41)36-24-15-10-18-34-20-24)16-17-25(26)27(29(37)38)28(21-11-6-4-7-12-21)42-30(39)22-13-8-5-9-14-22/h4-20H,1-3H3,(H2,35,36,41)/b28-27-. The van der Waals surface area contributed by atoms with Crippen molar-refractivity contribution in [2.45, 2.75) is 20.8 Å². The largest absolute Gasteiger partial charge is 0.421 e. The monoisotopic (exact) mass is 576 g/mol. The number of amides is 3. The van der Waals surface area contributed by atoms with E-state index in [1.807, 2.05) is 0 Å². The predicted molar refractivity (Wildman–Crippen MR) is 161 cm³/mol. The number of anilines is 3. The molecule has 43 heavy (non-hydrogen) atoms. The van der Waals surface area contributed by atoms with E-state index in [2.05, 4.69) is 15.6 Å². The Bertz CT molecular complexity index is 1720. The van der Waals surface area contributed by atoms with Gasteiger partial charge in [0.05, 0.1) is 34.1 Å². The number of carbonyl (C=O) groups excluding carboxylic acids is 4. The Kier molecular flexibility index (Phi) is 8.02. The van der Waals surface area contributed by atoms with Gasteiger partial charge in [0.15, 0.2) is 5.76 Å².